The molecule has 0 radical (unpaired) electrons. The topological polar surface area (TPSA) is 67.1 Å². The van der Waals surface area contributed by atoms with Gasteiger partial charge in [-0.25, -0.2) is 4.79 Å². The monoisotopic (exact) mass is 297 g/mol. The molecule has 0 spiro atoms. The zero-order valence-electron chi connectivity index (χ0n) is 9.50. The molecule has 0 aliphatic heterocycles. The number of nitrogens with one attached hydrogen (secondary N) is 2. The van der Waals surface area contributed by atoms with Gasteiger partial charge in [0.15, 0.2) is 0 Å². The summed E-state index contributed by atoms with van der Waals surface area (Å²) in [4.78, 5) is 11.7. The number of urea groups is 1. The van der Waals surface area contributed by atoms with Crippen molar-refractivity contribution < 1.29 is 4.79 Å². The maximum atomic E-state index is 11.7. The largest absolute Gasteiger partial charge is 0.399 e. The van der Waals surface area contributed by atoms with Gasteiger partial charge in [-0.15, -0.1) is 0 Å². The van der Waals surface area contributed by atoms with E-state index in [0.29, 0.717) is 17.4 Å². The molecule has 92 valence electrons. The molecule has 1 aromatic rings. The molecule has 5 heteroatoms. The summed E-state index contributed by atoms with van der Waals surface area (Å²) in [5.74, 6) is 0. The van der Waals surface area contributed by atoms with Crippen LogP contribution in [0.25, 0.3) is 0 Å². The number of hydrogen-bond donors (Lipinski definition) is 3. The second-order valence-electron chi connectivity index (χ2n) is 4.32. The van der Waals surface area contributed by atoms with Crippen molar-refractivity contribution in [3.05, 3.63) is 22.7 Å². The number of halogens is 1. The average molecular weight is 298 g/mol. The summed E-state index contributed by atoms with van der Waals surface area (Å²) in [6.45, 7) is 0. The molecular weight excluding hydrogens is 282 g/mol. The first kappa shape index (κ1) is 12.2. The van der Waals surface area contributed by atoms with Crippen LogP contribution >= 0.6 is 15.9 Å². The van der Waals surface area contributed by atoms with Crippen molar-refractivity contribution in [2.24, 2.45) is 0 Å². The number of rotatable bonds is 2. The van der Waals surface area contributed by atoms with Crippen LogP contribution in [0.15, 0.2) is 22.7 Å². The Kier molecular flexibility index (Phi) is 3.89. The SMILES string of the molecule is Nc1ccc(Br)c(NC(=O)NC2CCCC2)c1. The third-order valence-corrected chi connectivity index (χ3v) is 3.62. The van der Waals surface area contributed by atoms with Gasteiger partial charge in [-0.2, -0.15) is 0 Å². The fraction of sp³-hybridized carbons (Fsp3) is 0.417. The molecule has 2 rings (SSSR count). The van der Waals surface area contributed by atoms with Gasteiger partial charge in [-0.05, 0) is 47.0 Å². The quantitative estimate of drug-likeness (QED) is 0.734. The van der Waals surface area contributed by atoms with E-state index in [1.165, 1.54) is 12.8 Å². The van der Waals surface area contributed by atoms with Gasteiger partial charge in [0.05, 0.1) is 5.69 Å². The van der Waals surface area contributed by atoms with Gasteiger partial charge in [0.1, 0.15) is 0 Å². The molecule has 0 unspecified atom stereocenters. The van der Waals surface area contributed by atoms with Gasteiger partial charge >= 0.3 is 6.03 Å². The highest BCUT2D eigenvalue weighted by molar-refractivity contribution is 9.10. The first-order valence-corrected chi connectivity index (χ1v) is 6.57. The van der Waals surface area contributed by atoms with E-state index in [4.69, 9.17) is 5.73 Å². The van der Waals surface area contributed by atoms with Crippen molar-refractivity contribution in [3.8, 4) is 0 Å². The van der Waals surface area contributed by atoms with Crippen LogP contribution in [0.1, 0.15) is 25.7 Å². The number of benzene rings is 1. The molecule has 0 heterocycles. The standard InChI is InChI=1S/C12H16BrN3O/c13-10-6-5-8(14)7-11(10)16-12(17)15-9-3-1-2-4-9/h5-7,9H,1-4,14H2,(H2,15,16,17). The molecule has 17 heavy (non-hydrogen) atoms. The van der Waals surface area contributed by atoms with Crippen molar-refractivity contribution in [2.45, 2.75) is 31.7 Å². The molecule has 4 N–H and O–H groups in total. The zero-order chi connectivity index (χ0) is 12.3. The molecule has 1 aromatic carbocycles. The second kappa shape index (κ2) is 5.40. The molecule has 0 bridgehead atoms. The Morgan fingerprint density at radius 2 is 2.06 bits per heavy atom. The molecule has 1 fully saturated rings. The summed E-state index contributed by atoms with van der Waals surface area (Å²) in [7, 11) is 0. The number of nitrogen functional groups attached to an aromatic ring is 1. The molecule has 1 aliphatic carbocycles. The first-order chi connectivity index (χ1) is 8.15. The Bertz CT molecular complexity index is 416. The van der Waals surface area contributed by atoms with E-state index in [-0.39, 0.29) is 6.03 Å². The summed E-state index contributed by atoms with van der Waals surface area (Å²) in [6, 6.07) is 5.49. The van der Waals surface area contributed by atoms with E-state index in [1.54, 1.807) is 12.1 Å². The predicted molar refractivity (Wildman–Crippen MR) is 73.0 cm³/mol. The maximum absolute atomic E-state index is 11.7. The average Bonchev–Trinajstić information content (AvgIpc) is 2.76. The van der Waals surface area contributed by atoms with Crippen LogP contribution in [0.4, 0.5) is 16.2 Å². The number of carbonyl (C=O) groups excluding carboxylic acids is 1. The Labute approximate surface area is 109 Å². The molecule has 4 nitrogen and oxygen atoms in total. The van der Waals surface area contributed by atoms with Gasteiger partial charge in [-0.1, -0.05) is 12.8 Å². The highest BCUT2D eigenvalue weighted by atomic mass is 79.9. The van der Waals surface area contributed by atoms with Crippen molar-refractivity contribution >= 4 is 33.3 Å². The van der Waals surface area contributed by atoms with Gasteiger partial charge < -0.3 is 16.4 Å². The lowest BCUT2D eigenvalue weighted by atomic mass is 10.2. The smallest absolute Gasteiger partial charge is 0.319 e. The third kappa shape index (κ3) is 3.36. The lowest BCUT2D eigenvalue weighted by Gasteiger charge is -2.14. The highest BCUT2D eigenvalue weighted by Crippen LogP contribution is 2.24. The van der Waals surface area contributed by atoms with Gasteiger partial charge in [0, 0.05) is 16.2 Å². The molecule has 1 aliphatic rings. The van der Waals surface area contributed by atoms with E-state index in [2.05, 4.69) is 26.6 Å². The Balaban J connectivity index is 1.95. The van der Waals surface area contributed by atoms with Crippen LogP contribution in [0.3, 0.4) is 0 Å². The summed E-state index contributed by atoms with van der Waals surface area (Å²) in [6.07, 6.45) is 4.55. The second-order valence-corrected chi connectivity index (χ2v) is 5.17. The first-order valence-electron chi connectivity index (χ1n) is 5.77. The molecule has 2 amide bonds. The molecular formula is C12H16BrN3O. The van der Waals surface area contributed by atoms with Crippen molar-refractivity contribution in [1.82, 2.24) is 5.32 Å². The van der Waals surface area contributed by atoms with Crippen LogP contribution in [-0.2, 0) is 0 Å². The minimum absolute atomic E-state index is 0.164. The number of hydrogen-bond acceptors (Lipinski definition) is 2. The van der Waals surface area contributed by atoms with Crippen LogP contribution in [-0.4, -0.2) is 12.1 Å². The fourth-order valence-electron chi connectivity index (χ4n) is 2.05. The van der Waals surface area contributed by atoms with Gasteiger partial charge in [-0.3, -0.25) is 0 Å². The number of nitrogens with two attached hydrogens (primary N) is 1. The maximum Gasteiger partial charge on any atom is 0.319 e. The van der Waals surface area contributed by atoms with E-state index >= 15 is 0 Å². The van der Waals surface area contributed by atoms with Gasteiger partial charge in [0.25, 0.3) is 0 Å². The lowest BCUT2D eigenvalue weighted by molar-refractivity contribution is 0.248. The highest BCUT2D eigenvalue weighted by Gasteiger charge is 2.17. The van der Waals surface area contributed by atoms with E-state index in [1.807, 2.05) is 6.07 Å². The van der Waals surface area contributed by atoms with Gasteiger partial charge in [0.2, 0.25) is 0 Å². The Hall–Kier alpha value is -1.23. The summed E-state index contributed by atoms with van der Waals surface area (Å²) < 4.78 is 0.827. The number of anilines is 2. The molecule has 0 saturated heterocycles. The van der Waals surface area contributed by atoms with Crippen LogP contribution in [0.5, 0.6) is 0 Å². The number of amides is 2. The summed E-state index contributed by atoms with van der Waals surface area (Å²) in [5, 5.41) is 5.76. The minimum atomic E-state index is -0.164. The van der Waals surface area contributed by atoms with Crippen molar-refractivity contribution in [3.63, 3.8) is 0 Å². The van der Waals surface area contributed by atoms with Crippen molar-refractivity contribution in [1.29, 1.82) is 0 Å². The lowest BCUT2D eigenvalue weighted by Crippen LogP contribution is -2.36. The van der Waals surface area contributed by atoms with E-state index in [0.717, 1.165) is 17.3 Å². The zero-order valence-corrected chi connectivity index (χ0v) is 11.1. The minimum Gasteiger partial charge on any atom is -0.399 e. The molecule has 0 aromatic heterocycles. The Morgan fingerprint density at radius 3 is 2.76 bits per heavy atom. The fourth-order valence-corrected chi connectivity index (χ4v) is 2.40. The predicted octanol–water partition coefficient (Wildman–Crippen LogP) is 3.10. The van der Waals surface area contributed by atoms with Crippen LogP contribution in [0.2, 0.25) is 0 Å². The van der Waals surface area contributed by atoms with Crippen molar-refractivity contribution in [2.75, 3.05) is 11.1 Å². The van der Waals surface area contributed by atoms with Crippen LogP contribution < -0.4 is 16.4 Å². The Morgan fingerprint density at radius 1 is 1.35 bits per heavy atom. The normalized spacial score (nSPS) is 15.8. The molecule has 1 saturated carbocycles. The summed E-state index contributed by atoms with van der Waals surface area (Å²) >= 11 is 3.37. The number of carbonyl (C=O) groups is 1. The van der Waals surface area contributed by atoms with E-state index in [9.17, 15) is 4.79 Å². The molecule has 0 atom stereocenters. The third-order valence-electron chi connectivity index (χ3n) is 2.93. The summed E-state index contributed by atoms with van der Waals surface area (Å²) in [5.41, 5.74) is 7.00. The van der Waals surface area contributed by atoms with Crippen LogP contribution in [0, 0.1) is 0 Å². The van der Waals surface area contributed by atoms with E-state index < -0.39 is 0 Å².